The van der Waals surface area contributed by atoms with Gasteiger partial charge in [-0.05, 0) is 36.8 Å². The van der Waals surface area contributed by atoms with Crippen LogP contribution in [0.4, 0.5) is 5.69 Å². The average molecular weight is 376 g/mol. The number of rotatable bonds is 4. The summed E-state index contributed by atoms with van der Waals surface area (Å²) in [5.41, 5.74) is 1.24. The van der Waals surface area contributed by atoms with Crippen molar-refractivity contribution in [2.24, 2.45) is 0 Å². The van der Waals surface area contributed by atoms with Crippen molar-refractivity contribution in [3.05, 3.63) is 58.6 Å². The van der Waals surface area contributed by atoms with Gasteiger partial charge in [-0.25, -0.2) is 9.69 Å². The number of aromatic carboxylic acids is 1. The smallest absolute Gasteiger partial charge is 0.336 e. The van der Waals surface area contributed by atoms with E-state index >= 15 is 0 Å². The van der Waals surface area contributed by atoms with E-state index in [9.17, 15) is 19.5 Å². The molecule has 2 aromatic rings. The number of thioether (sulfide) groups is 1. The maximum Gasteiger partial charge on any atom is 0.336 e. The van der Waals surface area contributed by atoms with Crippen molar-refractivity contribution in [2.45, 2.75) is 23.5 Å². The molecule has 3 rings (SSSR count). The lowest BCUT2D eigenvalue weighted by Crippen LogP contribution is -2.31. The lowest BCUT2D eigenvalue weighted by Gasteiger charge is -2.18. The first-order valence-electron chi connectivity index (χ1n) is 7.51. The molecule has 128 valence electrons. The van der Waals surface area contributed by atoms with Crippen LogP contribution in [0.5, 0.6) is 0 Å². The Hall–Kier alpha value is -2.31. The Bertz CT molecular complexity index is 883. The summed E-state index contributed by atoms with van der Waals surface area (Å²) in [5, 5.41) is 9.08. The number of carbonyl (C=O) groups excluding carboxylic acids is 2. The van der Waals surface area contributed by atoms with Crippen molar-refractivity contribution in [1.82, 2.24) is 0 Å². The van der Waals surface area contributed by atoms with Crippen molar-refractivity contribution in [1.29, 1.82) is 0 Å². The van der Waals surface area contributed by atoms with Crippen LogP contribution >= 0.6 is 23.4 Å². The molecule has 1 heterocycles. The minimum absolute atomic E-state index is 0.0173. The molecule has 2 amide bonds. The Morgan fingerprint density at radius 3 is 2.64 bits per heavy atom. The number of amides is 2. The minimum atomic E-state index is -1.07. The monoisotopic (exact) mass is 375 g/mol. The zero-order valence-electron chi connectivity index (χ0n) is 13.2. The molecule has 7 heteroatoms. The fourth-order valence-electron chi connectivity index (χ4n) is 2.69. The number of benzene rings is 2. The summed E-state index contributed by atoms with van der Waals surface area (Å²) in [5.74, 6) is -1.75. The Labute approximate surface area is 153 Å². The van der Waals surface area contributed by atoms with Gasteiger partial charge in [0.05, 0.1) is 16.5 Å². The second-order valence-electron chi connectivity index (χ2n) is 5.56. The number of anilines is 1. The van der Waals surface area contributed by atoms with Crippen LogP contribution in [0.1, 0.15) is 22.3 Å². The van der Waals surface area contributed by atoms with Crippen LogP contribution in [0.15, 0.2) is 47.4 Å². The topological polar surface area (TPSA) is 74.7 Å². The van der Waals surface area contributed by atoms with Gasteiger partial charge in [-0.2, -0.15) is 0 Å². The summed E-state index contributed by atoms with van der Waals surface area (Å²) >= 11 is 7.19. The van der Waals surface area contributed by atoms with Crippen LogP contribution in [-0.4, -0.2) is 28.1 Å². The number of nitrogens with zero attached hydrogens (tertiary/aromatic N) is 1. The fourth-order valence-corrected chi connectivity index (χ4v) is 4.03. The fraction of sp³-hybridized carbons (Fsp3) is 0.167. The highest BCUT2D eigenvalue weighted by Crippen LogP contribution is 2.37. The second-order valence-corrected chi connectivity index (χ2v) is 7.22. The molecule has 0 radical (unpaired) electrons. The molecular formula is C18H14ClNO4S. The predicted molar refractivity (Wildman–Crippen MR) is 96.3 cm³/mol. The first kappa shape index (κ1) is 17.5. The van der Waals surface area contributed by atoms with E-state index in [2.05, 4.69) is 0 Å². The van der Waals surface area contributed by atoms with Crippen molar-refractivity contribution in [3.8, 4) is 0 Å². The van der Waals surface area contributed by atoms with E-state index in [1.165, 1.54) is 6.07 Å². The number of carboxylic acid groups (broad SMARTS) is 1. The maximum absolute atomic E-state index is 12.8. The van der Waals surface area contributed by atoms with Gasteiger partial charge in [0.15, 0.2) is 0 Å². The minimum Gasteiger partial charge on any atom is -0.478 e. The highest BCUT2D eigenvalue weighted by atomic mass is 35.5. The summed E-state index contributed by atoms with van der Waals surface area (Å²) in [6, 6.07) is 11.5. The second kappa shape index (κ2) is 6.90. The van der Waals surface area contributed by atoms with Crippen LogP contribution < -0.4 is 4.90 Å². The van der Waals surface area contributed by atoms with E-state index < -0.39 is 11.2 Å². The summed E-state index contributed by atoms with van der Waals surface area (Å²) in [4.78, 5) is 38.1. The van der Waals surface area contributed by atoms with E-state index in [4.69, 9.17) is 11.6 Å². The van der Waals surface area contributed by atoms with Crippen molar-refractivity contribution in [2.75, 3.05) is 4.90 Å². The summed E-state index contributed by atoms with van der Waals surface area (Å²) in [7, 11) is 0. The molecule has 1 aliphatic rings. The molecule has 1 atom stereocenters. The van der Waals surface area contributed by atoms with Gasteiger partial charge in [0.25, 0.3) is 0 Å². The molecule has 0 spiro atoms. The molecule has 1 aliphatic heterocycles. The molecule has 25 heavy (non-hydrogen) atoms. The lowest BCUT2D eigenvalue weighted by molar-refractivity contribution is -0.121. The van der Waals surface area contributed by atoms with E-state index in [1.54, 1.807) is 43.3 Å². The number of hydrogen-bond acceptors (Lipinski definition) is 4. The van der Waals surface area contributed by atoms with Gasteiger partial charge in [-0.15, -0.1) is 11.8 Å². The van der Waals surface area contributed by atoms with E-state index in [0.717, 1.165) is 16.7 Å². The van der Waals surface area contributed by atoms with Gasteiger partial charge >= 0.3 is 5.97 Å². The van der Waals surface area contributed by atoms with Gasteiger partial charge in [-0.1, -0.05) is 29.8 Å². The molecule has 5 nitrogen and oxygen atoms in total. The van der Waals surface area contributed by atoms with Gasteiger partial charge in [0.1, 0.15) is 0 Å². The molecule has 0 aliphatic carbocycles. The van der Waals surface area contributed by atoms with Crippen molar-refractivity contribution in [3.63, 3.8) is 0 Å². The van der Waals surface area contributed by atoms with E-state index in [0.29, 0.717) is 21.2 Å². The van der Waals surface area contributed by atoms with Crippen LogP contribution in [-0.2, 0) is 9.59 Å². The normalized spacial score (nSPS) is 17.2. The Balaban J connectivity index is 1.90. The third-order valence-electron chi connectivity index (χ3n) is 3.97. The average Bonchev–Trinajstić information content (AvgIpc) is 2.85. The maximum atomic E-state index is 12.8. The molecule has 2 aromatic carbocycles. The number of carbonyl (C=O) groups is 3. The Morgan fingerprint density at radius 1 is 1.20 bits per heavy atom. The van der Waals surface area contributed by atoms with Crippen molar-refractivity contribution >= 4 is 46.8 Å². The number of hydrogen-bond donors (Lipinski definition) is 1. The third-order valence-corrected chi connectivity index (χ3v) is 5.64. The predicted octanol–water partition coefficient (Wildman–Crippen LogP) is 3.77. The van der Waals surface area contributed by atoms with Gasteiger partial charge < -0.3 is 5.11 Å². The molecule has 1 N–H and O–H groups in total. The standard InChI is InChI=1S/C18H14ClNO4S/c1-10-12(19)6-4-7-13(10)20-16(21)9-15(17(20)22)25-14-8-3-2-5-11(14)18(23)24/h2-8,15H,9H2,1H3,(H,23,24)/t15-/m1/s1. The van der Waals surface area contributed by atoms with Crippen LogP contribution in [0, 0.1) is 6.92 Å². The summed E-state index contributed by atoms with van der Waals surface area (Å²) < 4.78 is 0. The third kappa shape index (κ3) is 3.27. The number of imide groups is 1. The largest absolute Gasteiger partial charge is 0.478 e. The van der Waals surface area contributed by atoms with Gasteiger partial charge in [0, 0.05) is 16.3 Å². The molecule has 1 saturated heterocycles. The van der Waals surface area contributed by atoms with Crippen LogP contribution in [0.3, 0.4) is 0 Å². The molecule has 0 saturated carbocycles. The Kier molecular flexibility index (Phi) is 4.83. The molecular weight excluding hydrogens is 362 g/mol. The van der Waals surface area contributed by atoms with Gasteiger partial charge in [0.2, 0.25) is 11.8 Å². The quantitative estimate of drug-likeness (QED) is 0.823. The molecule has 0 unspecified atom stereocenters. The first-order valence-corrected chi connectivity index (χ1v) is 8.77. The van der Waals surface area contributed by atoms with E-state index in [-0.39, 0.29) is 23.8 Å². The van der Waals surface area contributed by atoms with E-state index in [1.807, 2.05) is 0 Å². The van der Waals surface area contributed by atoms with Crippen molar-refractivity contribution < 1.29 is 19.5 Å². The molecule has 0 bridgehead atoms. The first-order chi connectivity index (χ1) is 11.9. The van der Waals surface area contributed by atoms with Gasteiger partial charge in [-0.3, -0.25) is 9.59 Å². The van der Waals surface area contributed by atoms with Crippen LogP contribution in [0.25, 0.3) is 0 Å². The summed E-state index contributed by atoms with van der Waals surface area (Å²) in [6.07, 6.45) is 0.0173. The highest BCUT2D eigenvalue weighted by Gasteiger charge is 2.41. The summed E-state index contributed by atoms with van der Waals surface area (Å²) in [6.45, 7) is 1.75. The molecule has 1 fully saturated rings. The Morgan fingerprint density at radius 2 is 1.92 bits per heavy atom. The lowest BCUT2D eigenvalue weighted by atomic mass is 10.2. The SMILES string of the molecule is Cc1c(Cl)cccc1N1C(=O)C[C@@H](Sc2ccccc2C(=O)O)C1=O. The molecule has 0 aromatic heterocycles. The zero-order chi connectivity index (χ0) is 18.1. The highest BCUT2D eigenvalue weighted by molar-refractivity contribution is 8.00. The van der Waals surface area contributed by atoms with Crippen LogP contribution in [0.2, 0.25) is 5.02 Å². The number of carboxylic acids is 1. The zero-order valence-corrected chi connectivity index (χ0v) is 14.8. The number of halogens is 1.